The molecular formula is C17H27FIN3O2. The predicted molar refractivity (Wildman–Crippen MR) is 105 cm³/mol. The number of aliphatic imine (C=N–C) groups is 1. The van der Waals surface area contributed by atoms with Crippen molar-refractivity contribution in [3.63, 3.8) is 0 Å². The van der Waals surface area contributed by atoms with Crippen LogP contribution in [0.25, 0.3) is 0 Å². The minimum atomic E-state index is -0.232. The molecule has 0 amide bonds. The van der Waals surface area contributed by atoms with Crippen LogP contribution in [-0.4, -0.2) is 56.9 Å². The van der Waals surface area contributed by atoms with Gasteiger partial charge in [0.15, 0.2) is 5.96 Å². The van der Waals surface area contributed by atoms with Crippen LogP contribution in [0, 0.1) is 5.82 Å². The fourth-order valence-corrected chi connectivity index (χ4v) is 2.65. The van der Waals surface area contributed by atoms with E-state index in [2.05, 4.69) is 15.2 Å². The molecule has 1 fully saturated rings. The molecule has 1 aromatic carbocycles. The number of rotatable bonds is 5. The van der Waals surface area contributed by atoms with Crippen molar-refractivity contribution < 1.29 is 13.9 Å². The van der Waals surface area contributed by atoms with Crippen LogP contribution in [0.5, 0.6) is 0 Å². The molecule has 5 nitrogen and oxygen atoms in total. The minimum Gasteiger partial charge on any atom is -0.383 e. The van der Waals surface area contributed by atoms with Gasteiger partial charge in [0.05, 0.1) is 25.8 Å². The molecule has 1 N–H and O–H groups in total. The lowest BCUT2D eigenvalue weighted by Gasteiger charge is -2.38. The van der Waals surface area contributed by atoms with E-state index in [4.69, 9.17) is 9.47 Å². The monoisotopic (exact) mass is 451 g/mol. The Bertz CT molecular complexity index is 513. The number of halogens is 2. The summed E-state index contributed by atoms with van der Waals surface area (Å²) >= 11 is 0. The average molecular weight is 451 g/mol. The number of morpholine rings is 1. The van der Waals surface area contributed by atoms with Crippen LogP contribution in [0.2, 0.25) is 0 Å². The van der Waals surface area contributed by atoms with Gasteiger partial charge in [-0.05, 0) is 31.5 Å². The number of nitrogens with one attached hydrogen (secondary N) is 1. The normalized spacial score (nSPS) is 21.3. The summed E-state index contributed by atoms with van der Waals surface area (Å²) in [4.78, 5) is 6.79. The third-order valence-electron chi connectivity index (χ3n) is 3.69. The number of benzene rings is 1. The molecule has 0 spiro atoms. The van der Waals surface area contributed by atoms with Gasteiger partial charge >= 0.3 is 0 Å². The van der Waals surface area contributed by atoms with Crippen molar-refractivity contribution in [3.05, 3.63) is 35.6 Å². The van der Waals surface area contributed by atoms with Crippen LogP contribution in [0.1, 0.15) is 25.5 Å². The topological polar surface area (TPSA) is 46.1 Å². The van der Waals surface area contributed by atoms with E-state index in [-0.39, 0.29) is 42.0 Å². The van der Waals surface area contributed by atoms with Crippen LogP contribution in [0.15, 0.2) is 29.3 Å². The van der Waals surface area contributed by atoms with E-state index >= 15 is 0 Å². The molecule has 7 heteroatoms. The number of hydrogen-bond acceptors (Lipinski definition) is 3. The molecule has 1 saturated heterocycles. The maximum atomic E-state index is 13.1. The maximum Gasteiger partial charge on any atom is 0.194 e. The Morgan fingerprint density at radius 2 is 2.08 bits per heavy atom. The van der Waals surface area contributed by atoms with Gasteiger partial charge in [-0.3, -0.25) is 4.99 Å². The molecule has 2 unspecified atom stereocenters. The molecule has 0 aliphatic carbocycles. The first-order valence-electron chi connectivity index (χ1n) is 8.07. The summed E-state index contributed by atoms with van der Waals surface area (Å²) in [6.07, 6.45) is -0.0179. The number of ether oxygens (including phenoxy) is 2. The van der Waals surface area contributed by atoms with Gasteiger partial charge in [-0.15, -0.1) is 24.0 Å². The van der Waals surface area contributed by atoms with E-state index in [9.17, 15) is 4.39 Å². The standard InChI is InChI=1S/C17H26FN3O2.HI/c1-4-19-17(20-9-10-22-3)21-11-13(2)23-16(12-21)14-5-7-15(18)8-6-14;/h5-8,13,16H,4,9-12H2,1-3H3,(H,19,20);1H. The second kappa shape index (κ2) is 10.8. The van der Waals surface area contributed by atoms with E-state index in [1.54, 1.807) is 19.2 Å². The zero-order valence-corrected chi connectivity index (χ0v) is 16.8. The lowest BCUT2D eigenvalue weighted by Crippen LogP contribution is -2.50. The molecule has 0 bridgehead atoms. The zero-order valence-electron chi connectivity index (χ0n) is 14.5. The molecule has 1 aromatic rings. The van der Waals surface area contributed by atoms with E-state index in [0.29, 0.717) is 19.7 Å². The highest BCUT2D eigenvalue weighted by Crippen LogP contribution is 2.25. The Morgan fingerprint density at radius 1 is 1.38 bits per heavy atom. The van der Waals surface area contributed by atoms with E-state index < -0.39 is 0 Å². The SMILES string of the molecule is CCNC(=NCCOC)N1CC(C)OC(c2ccc(F)cc2)C1.I. The Balaban J connectivity index is 0.00000288. The first kappa shape index (κ1) is 21.1. The number of nitrogens with zero attached hydrogens (tertiary/aromatic N) is 2. The van der Waals surface area contributed by atoms with Gasteiger partial charge in [-0.25, -0.2) is 4.39 Å². The molecule has 1 aliphatic rings. The largest absolute Gasteiger partial charge is 0.383 e. The summed E-state index contributed by atoms with van der Waals surface area (Å²) < 4.78 is 24.2. The van der Waals surface area contributed by atoms with Crippen molar-refractivity contribution in [2.24, 2.45) is 4.99 Å². The van der Waals surface area contributed by atoms with Crippen LogP contribution in [-0.2, 0) is 9.47 Å². The summed E-state index contributed by atoms with van der Waals surface area (Å²) in [6.45, 7) is 7.57. The van der Waals surface area contributed by atoms with Gasteiger partial charge < -0.3 is 19.7 Å². The molecule has 0 saturated carbocycles. The number of hydrogen-bond donors (Lipinski definition) is 1. The third-order valence-corrected chi connectivity index (χ3v) is 3.69. The van der Waals surface area contributed by atoms with Crippen molar-refractivity contribution in [2.75, 3.05) is 39.9 Å². The second-order valence-electron chi connectivity index (χ2n) is 5.62. The molecule has 2 atom stereocenters. The van der Waals surface area contributed by atoms with Gasteiger partial charge in [0, 0.05) is 20.2 Å². The first-order chi connectivity index (χ1) is 11.1. The fourth-order valence-electron chi connectivity index (χ4n) is 2.65. The number of guanidine groups is 1. The predicted octanol–water partition coefficient (Wildman–Crippen LogP) is 2.82. The highest BCUT2D eigenvalue weighted by Gasteiger charge is 2.28. The van der Waals surface area contributed by atoms with Crippen LogP contribution in [0.3, 0.4) is 0 Å². The summed E-state index contributed by atoms with van der Waals surface area (Å²) in [5.41, 5.74) is 0.982. The lowest BCUT2D eigenvalue weighted by atomic mass is 10.1. The van der Waals surface area contributed by atoms with Gasteiger partial charge in [0.1, 0.15) is 11.9 Å². The van der Waals surface area contributed by atoms with Crippen molar-refractivity contribution in [1.29, 1.82) is 0 Å². The van der Waals surface area contributed by atoms with Gasteiger partial charge in [0.25, 0.3) is 0 Å². The summed E-state index contributed by atoms with van der Waals surface area (Å²) in [6, 6.07) is 6.51. The highest BCUT2D eigenvalue weighted by molar-refractivity contribution is 14.0. The summed E-state index contributed by atoms with van der Waals surface area (Å²) in [5, 5.41) is 3.32. The van der Waals surface area contributed by atoms with E-state index in [0.717, 1.165) is 24.6 Å². The fraction of sp³-hybridized carbons (Fsp3) is 0.588. The molecule has 0 radical (unpaired) electrons. The van der Waals surface area contributed by atoms with Gasteiger partial charge in [-0.1, -0.05) is 12.1 Å². The Labute approximate surface area is 160 Å². The summed E-state index contributed by atoms with van der Waals surface area (Å²) in [5.74, 6) is 0.635. The highest BCUT2D eigenvalue weighted by atomic mass is 127. The third kappa shape index (κ3) is 6.18. The first-order valence-corrected chi connectivity index (χ1v) is 8.07. The lowest BCUT2D eigenvalue weighted by molar-refractivity contribution is -0.0605. The van der Waals surface area contributed by atoms with Gasteiger partial charge in [-0.2, -0.15) is 0 Å². The van der Waals surface area contributed by atoms with Crippen LogP contribution >= 0.6 is 24.0 Å². The van der Waals surface area contributed by atoms with Crippen LogP contribution < -0.4 is 5.32 Å². The second-order valence-corrected chi connectivity index (χ2v) is 5.62. The van der Waals surface area contributed by atoms with Crippen LogP contribution in [0.4, 0.5) is 4.39 Å². The Morgan fingerprint density at radius 3 is 2.71 bits per heavy atom. The van der Waals surface area contributed by atoms with Crippen molar-refractivity contribution >= 4 is 29.9 Å². The summed E-state index contributed by atoms with van der Waals surface area (Å²) in [7, 11) is 1.67. The Hall–Kier alpha value is -0.930. The molecule has 136 valence electrons. The average Bonchev–Trinajstić information content (AvgIpc) is 2.54. The Kier molecular flexibility index (Phi) is 9.53. The minimum absolute atomic E-state index is 0. The molecule has 0 aromatic heterocycles. The number of methoxy groups -OCH3 is 1. The smallest absolute Gasteiger partial charge is 0.194 e. The molecular weight excluding hydrogens is 424 g/mol. The molecule has 1 heterocycles. The zero-order chi connectivity index (χ0) is 16.7. The van der Waals surface area contributed by atoms with Crippen molar-refractivity contribution in [1.82, 2.24) is 10.2 Å². The molecule has 1 aliphatic heterocycles. The van der Waals surface area contributed by atoms with Crippen molar-refractivity contribution in [2.45, 2.75) is 26.1 Å². The van der Waals surface area contributed by atoms with Crippen molar-refractivity contribution in [3.8, 4) is 0 Å². The van der Waals surface area contributed by atoms with Gasteiger partial charge in [0.2, 0.25) is 0 Å². The molecule has 24 heavy (non-hydrogen) atoms. The molecule has 2 rings (SSSR count). The van der Waals surface area contributed by atoms with E-state index in [1.165, 1.54) is 12.1 Å². The maximum absolute atomic E-state index is 13.1. The van der Waals surface area contributed by atoms with E-state index in [1.807, 2.05) is 13.8 Å². The quantitative estimate of drug-likeness (QED) is 0.324.